The number of esters is 1. The normalized spacial score (nSPS) is 19.0. The standard InChI is InChI=1S/C19H19ClN2O5/c1-11(2)26-19(24)22-10-13(9-16(22)18(23)25-3)27-17-6-7-21-15-8-12(20)4-5-14(15)17/h4-8,13,16H,1,9-10H2,2-3H3/t13?,16-/m0/s1. The monoisotopic (exact) mass is 390 g/mol. The Hall–Kier alpha value is -2.80. The lowest BCUT2D eigenvalue weighted by Gasteiger charge is -2.21. The first-order valence-corrected chi connectivity index (χ1v) is 8.69. The Morgan fingerprint density at radius 2 is 2.11 bits per heavy atom. The van der Waals surface area contributed by atoms with Crippen molar-refractivity contribution in [1.82, 2.24) is 9.88 Å². The van der Waals surface area contributed by atoms with Crippen molar-refractivity contribution in [3.05, 3.63) is 47.8 Å². The molecule has 1 aromatic carbocycles. The number of aromatic nitrogens is 1. The van der Waals surface area contributed by atoms with Crippen LogP contribution in [0.4, 0.5) is 4.79 Å². The second-order valence-corrected chi connectivity index (χ2v) is 6.64. The number of ether oxygens (including phenoxy) is 3. The number of allylic oxidation sites excluding steroid dienone is 1. The number of hydrogen-bond acceptors (Lipinski definition) is 6. The van der Waals surface area contributed by atoms with Gasteiger partial charge in [-0.1, -0.05) is 18.2 Å². The quantitative estimate of drug-likeness (QED) is 0.586. The lowest BCUT2D eigenvalue weighted by Crippen LogP contribution is -2.41. The Balaban J connectivity index is 1.83. The van der Waals surface area contributed by atoms with E-state index in [1.165, 1.54) is 12.0 Å². The molecule has 2 aromatic rings. The molecule has 1 aromatic heterocycles. The largest absolute Gasteiger partial charge is 0.488 e. The van der Waals surface area contributed by atoms with E-state index in [1.54, 1.807) is 31.3 Å². The van der Waals surface area contributed by atoms with E-state index in [-0.39, 0.29) is 18.7 Å². The summed E-state index contributed by atoms with van der Waals surface area (Å²) in [6.45, 7) is 5.29. The fraction of sp³-hybridized carbons (Fsp3) is 0.316. The van der Waals surface area contributed by atoms with Crippen molar-refractivity contribution in [3.8, 4) is 5.75 Å². The molecule has 2 heterocycles. The predicted molar refractivity (Wildman–Crippen MR) is 99.6 cm³/mol. The molecule has 1 saturated heterocycles. The van der Waals surface area contributed by atoms with Crippen molar-refractivity contribution in [3.63, 3.8) is 0 Å². The van der Waals surface area contributed by atoms with Crippen LogP contribution in [-0.4, -0.2) is 47.7 Å². The highest BCUT2D eigenvalue weighted by molar-refractivity contribution is 6.31. The van der Waals surface area contributed by atoms with Gasteiger partial charge in [-0.3, -0.25) is 9.88 Å². The fourth-order valence-electron chi connectivity index (χ4n) is 3.03. The lowest BCUT2D eigenvalue weighted by molar-refractivity contribution is -0.145. The van der Waals surface area contributed by atoms with Gasteiger partial charge < -0.3 is 14.2 Å². The lowest BCUT2D eigenvalue weighted by atomic mass is 10.2. The molecule has 1 fully saturated rings. The van der Waals surface area contributed by atoms with E-state index < -0.39 is 24.2 Å². The molecule has 0 radical (unpaired) electrons. The SMILES string of the molecule is C=C(C)OC(=O)N1CC(Oc2ccnc3cc(Cl)ccc23)C[C@H]1C(=O)OC. The highest BCUT2D eigenvalue weighted by Crippen LogP contribution is 2.30. The van der Waals surface area contributed by atoms with Crippen molar-refractivity contribution in [2.75, 3.05) is 13.7 Å². The molecule has 27 heavy (non-hydrogen) atoms. The van der Waals surface area contributed by atoms with Gasteiger partial charge in [0.25, 0.3) is 0 Å². The van der Waals surface area contributed by atoms with Crippen LogP contribution in [0.2, 0.25) is 5.02 Å². The van der Waals surface area contributed by atoms with Crippen LogP contribution in [0, 0.1) is 0 Å². The van der Waals surface area contributed by atoms with Crippen LogP contribution < -0.4 is 4.74 Å². The Morgan fingerprint density at radius 3 is 2.81 bits per heavy atom. The zero-order valence-corrected chi connectivity index (χ0v) is 15.7. The number of rotatable bonds is 4. The van der Waals surface area contributed by atoms with Gasteiger partial charge in [-0.2, -0.15) is 0 Å². The van der Waals surface area contributed by atoms with E-state index in [1.807, 2.05) is 6.07 Å². The molecular weight excluding hydrogens is 372 g/mol. The molecule has 0 saturated carbocycles. The number of hydrogen-bond donors (Lipinski definition) is 0. The second kappa shape index (κ2) is 7.84. The van der Waals surface area contributed by atoms with E-state index in [9.17, 15) is 9.59 Å². The Morgan fingerprint density at radius 1 is 1.33 bits per heavy atom. The van der Waals surface area contributed by atoms with E-state index in [0.717, 1.165) is 5.39 Å². The van der Waals surface area contributed by atoms with Gasteiger partial charge in [0.2, 0.25) is 0 Å². The van der Waals surface area contributed by atoms with Gasteiger partial charge >= 0.3 is 12.1 Å². The second-order valence-electron chi connectivity index (χ2n) is 6.21. The molecule has 8 heteroatoms. The van der Waals surface area contributed by atoms with Gasteiger partial charge in [-0.15, -0.1) is 0 Å². The van der Waals surface area contributed by atoms with Crippen molar-refractivity contribution in [2.24, 2.45) is 0 Å². The number of amides is 1. The first kappa shape index (κ1) is 19.0. The molecule has 142 valence electrons. The predicted octanol–water partition coefficient (Wildman–Crippen LogP) is 3.55. The third-order valence-electron chi connectivity index (χ3n) is 4.19. The molecule has 0 bridgehead atoms. The molecule has 1 aliphatic rings. The molecule has 0 aliphatic carbocycles. The summed E-state index contributed by atoms with van der Waals surface area (Å²) < 4.78 is 15.9. The summed E-state index contributed by atoms with van der Waals surface area (Å²) in [4.78, 5) is 30.0. The van der Waals surface area contributed by atoms with Crippen LogP contribution in [0.1, 0.15) is 13.3 Å². The van der Waals surface area contributed by atoms with Crippen molar-refractivity contribution in [2.45, 2.75) is 25.5 Å². The number of likely N-dealkylation sites (tertiary alicyclic amines) is 1. The van der Waals surface area contributed by atoms with Gasteiger partial charge in [-0.05, 0) is 31.2 Å². The third kappa shape index (κ3) is 4.14. The summed E-state index contributed by atoms with van der Waals surface area (Å²) in [5.74, 6) is 0.316. The van der Waals surface area contributed by atoms with Gasteiger partial charge in [-0.25, -0.2) is 9.59 Å². The topological polar surface area (TPSA) is 78.0 Å². The Kier molecular flexibility index (Phi) is 5.51. The van der Waals surface area contributed by atoms with Crippen molar-refractivity contribution < 1.29 is 23.8 Å². The average molecular weight is 391 g/mol. The molecule has 0 spiro atoms. The van der Waals surface area contributed by atoms with Gasteiger partial charge in [0, 0.05) is 23.0 Å². The summed E-state index contributed by atoms with van der Waals surface area (Å²) in [7, 11) is 1.28. The maximum absolute atomic E-state index is 12.3. The molecule has 2 atom stereocenters. The van der Waals surface area contributed by atoms with Crippen LogP contribution >= 0.6 is 11.6 Å². The fourth-order valence-corrected chi connectivity index (χ4v) is 3.20. The van der Waals surface area contributed by atoms with Crippen molar-refractivity contribution in [1.29, 1.82) is 0 Å². The molecule has 1 amide bonds. The number of carbonyl (C=O) groups excluding carboxylic acids is 2. The van der Waals surface area contributed by atoms with Crippen molar-refractivity contribution >= 4 is 34.6 Å². The Labute approximate surface area is 161 Å². The van der Waals surface area contributed by atoms with E-state index in [0.29, 0.717) is 16.3 Å². The number of halogens is 1. The van der Waals surface area contributed by atoms with Crippen LogP contribution in [0.3, 0.4) is 0 Å². The maximum Gasteiger partial charge on any atom is 0.415 e. The minimum atomic E-state index is -0.783. The number of methoxy groups -OCH3 is 1. The number of carbonyl (C=O) groups is 2. The van der Waals surface area contributed by atoms with Gasteiger partial charge in [0.15, 0.2) is 0 Å². The van der Waals surface area contributed by atoms with E-state index >= 15 is 0 Å². The van der Waals surface area contributed by atoms with Crippen LogP contribution in [0.5, 0.6) is 5.75 Å². The molecule has 1 unspecified atom stereocenters. The number of nitrogens with zero attached hydrogens (tertiary/aromatic N) is 2. The average Bonchev–Trinajstić information content (AvgIpc) is 3.04. The third-order valence-corrected chi connectivity index (χ3v) is 4.43. The van der Waals surface area contributed by atoms with E-state index in [2.05, 4.69) is 11.6 Å². The smallest absolute Gasteiger partial charge is 0.415 e. The highest BCUT2D eigenvalue weighted by atomic mass is 35.5. The van der Waals surface area contributed by atoms with Gasteiger partial charge in [0.05, 0.1) is 24.9 Å². The zero-order chi connectivity index (χ0) is 19.6. The summed E-state index contributed by atoms with van der Waals surface area (Å²) in [5, 5.41) is 1.37. The number of benzene rings is 1. The summed E-state index contributed by atoms with van der Waals surface area (Å²) >= 11 is 6.01. The first-order valence-electron chi connectivity index (χ1n) is 8.31. The summed E-state index contributed by atoms with van der Waals surface area (Å²) in [6, 6.07) is 6.26. The van der Waals surface area contributed by atoms with Crippen LogP contribution in [-0.2, 0) is 14.3 Å². The Bertz CT molecular complexity index is 901. The minimum Gasteiger partial charge on any atom is -0.488 e. The maximum atomic E-state index is 12.3. The molecular formula is C19H19ClN2O5. The van der Waals surface area contributed by atoms with Crippen LogP contribution in [0.15, 0.2) is 42.8 Å². The molecule has 0 N–H and O–H groups in total. The van der Waals surface area contributed by atoms with Crippen LogP contribution in [0.25, 0.3) is 10.9 Å². The zero-order valence-electron chi connectivity index (χ0n) is 15.0. The molecule has 7 nitrogen and oxygen atoms in total. The number of pyridine rings is 1. The molecule has 1 aliphatic heterocycles. The van der Waals surface area contributed by atoms with E-state index in [4.69, 9.17) is 25.8 Å². The first-order chi connectivity index (χ1) is 12.9. The van der Waals surface area contributed by atoms with Gasteiger partial charge in [0.1, 0.15) is 17.9 Å². The minimum absolute atomic E-state index is 0.184. The summed E-state index contributed by atoms with van der Waals surface area (Å²) in [5.41, 5.74) is 0.695. The molecule has 3 rings (SSSR count). The summed E-state index contributed by atoms with van der Waals surface area (Å²) in [6.07, 6.45) is 0.840. The highest BCUT2D eigenvalue weighted by Gasteiger charge is 2.42. The number of fused-ring (bicyclic) bond motifs is 1.